The predicted octanol–water partition coefficient (Wildman–Crippen LogP) is 4.27. The summed E-state index contributed by atoms with van der Waals surface area (Å²) in [4.78, 5) is 14.7. The molecule has 3 nitrogen and oxygen atoms in total. The number of hydrogen-bond acceptors (Lipinski definition) is 2. The minimum atomic E-state index is 0.152. The molecule has 3 heteroatoms. The molecule has 0 aliphatic carbocycles. The zero-order valence-electron chi connectivity index (χ0n) is 15.4. The highest BCUT2D eigenvalue weighted by Gasteiger charge is 2.20. The first-order valence-corrected chi connectivity index (χ1v) is 9.50. The molecule has 0 atom stereocenters. The van der Waals surface area contributed by atoms with Gasteiger partial charge in [0.2, 0.25) is 5.91 Å². The Kier molecular flexibility index (Phi) is 5.20. The molecule has 0 saturated carbocycles. The number of rotatable bonds is 5. The molecule has 1 aliphatic rings. The number of anilines is 1. The van der Waals surface area contributed by atoms with Gasteiger partial charge in [-0.1, -0.05) is 72.8 Å². The lowest BCUT2D eigenvalue weighted by atomic mass is 10.00. The molecular formula is C24H24N2O. The Morgan fingerprint density at radius 3 is 2.41 bits per heavy atom. The van der Waals surface area contributed by atoms with Crippen molar-refractivity contribution in [1.29, 1.82) is 0 Å². The molecule has 136 valence electrons. The second kappa shape index (κ2) is 8.09. The van der Waals surface area contributed by atoms with E-state index in [1.165, 1.54) is 22.3 Å². The summed E-state index contributed by atoms with van der Waals surface area (Å²) >= 11 is 0. The van der Waals surface area contributed by atoms with Gasteiger partial charge in [0.1, 0.15) is 0 Å². The largest absolute Gasteiger partial charge is 0.376 e. The van der Waals surface area contributed by atoms with Gasteiger partial charge in [-0.25, -0.2) is 0 Å². The van der Waals surface area contributed by atoms with Crippen molar-refractivity contribution in [3.8, 4) is 0 Å². The lowest BCUT2D eigenvalue weighted by molar-refractivity contribution is -0.130. The number of fused-ring (bicyclic) bond motifs is 1. The summed E-state index contributed by atoms with van der Waals surface area (Å²) < 4.78 is 0. The number of carbonyl (C=O) groups is 1. The van der Waals surface area contributed by atoms with Gasteiger partial charge in [-0.3, -0.25) is 4.79 Å². The van der Waals surface area contributed by atoms with Crippen molar-refractivity contribution in [2.75, 3.05) is 18.4 Å². The van der Waals surface area contributed by atoms with Gasteiger partial charge >= 0.3 is 0 Å². The molecule has 27 heavy (non-hydrogen) atoms. The van der Waals surface area contributed by atoms with Crippen LogP contribution in [-0.4, -0.2) is 23.9 Å². The molecule has 1 aliphatic heterocycles. The second-order valence-corrected chi connectivity index (χ2v) is 7.01. The third-order valence-corrected chi connectivity index (χ3v) is 5.17. The smallest absolute Gasteiger partial charge is 0.242 e. The Bertz CT molecular complexity index is 920. The summed E-state index contributed by atoms with van der Waals surface area (Å²) in [6, 6.07) is 27.0. The van der Waals surface area contributed by atoms with Crippen LogP contribution in [-0.2, 0) is 24.2 Å². The van der Waals surface area contributed by atoms with Gasteiger partial charge in [0.05, 0.1) is 6.54 Å². The maximum absolute atomic E-state index is 12.7. The summed E-state index contributed by atoms with van der Waals surface area (Å²) in [6.45, 7) is 1.83. The first kappa shape index (κ1) is 17.3. The van der Waals surface area contributed by atoms with E-state index in [0.29, 0.717) is 13.1 Å². The molecule has 0 radical (unpaired) electrons. The van der Waals surface area contributed by atoms with Gasteiger partial charge in [-0.2, -0.15) is 0 Å². The molecule has 1 heterocycles. The van der Waals surface area contributed by atoms with E-state index in [4.69, 9.17) is 0 Å². The predicted molar refractivity (Wildman–Crippen MR) is 110 cm³/mol. The highest BCUT2D eigenvalue weighted by atomic mass is 16.2. The molecule has 1 amide bonds. The van der Waals surface area contributed by atoms with Crippen molar-refractivity contribution < 1.29 is 4.79 Å². The van der Waals surface area contributed by atoms with Crippen LogP contribution in [0.25, 0.3) is 0 Å². The minimum Gasteiger partial charge on any atom is -0.376 e. The molecule has 0 unspecified atom stereocenters. The first-order valence-electron chi connectivity index (χ1n) is 9.50. The fourth-order valence-electron chi connectivity index (χ4n) is 3.65. The zero-order valence-corrected chi connectivity index (χ0v) is 15.4. The molecule has 3 aromatic carbocycles. The maximum Gasteiger partial charge on any atom is 0.242 e. The van der Waals surface area contributed by atoms with Crippen LogP contribution in [0, 0.1) is 0 Å². The van der Waals surface area contributed by atoms with Crippen LogP contribution >= 0.6 is 0 Å². The summed E-state index contributed by atoms with van der Waals surface area (Å²) in [7, 11) is 0. The van der Waals surface area contributed by atoms with Crippen molar-refractivity contribution in [2.45, 2.75) is 19.4 Å². The average molecular weight is 356 g/mol. The van der Waals surface area contributed by atoms with Gasteiger partial charge in [-0.05, 0) is 41.2 Å². The Hall–Kier alpha value is -3.07. The summed E-state index contributed by atoms with van der Waals surface area (Å²) in [5.74, 6) is 0.152. The van der Waals surface area contributed by atoms with E-state index in [-0.39, 0.29) is 5.91 Å². The molecule has 0 bridgehead atoms. The fourth-order valence-corrected chi connectivity index (χ4v) is 3.65. The van der Waals surface area contributed by atoms with Crippen LogP contribution in [0.5, 0.6) is 0 Å². The summed E-state index contributed by atoms with van der Waals surface area (Å²) in [5, 5.41) is 3.36. The molecule has 0 saturated heterocycles. The quantitative estimate of drug-likeness (QED) is 0.740. The van der Waals surface area contributed by atoms with Gasteiger partial charge < -0.3 is 10.2 Å². The van der Waals surface area contributed by atoms with Gasteiger partial charge in [0.25, 0.3) is 0 Å². The van der Waals surface area contributed by atoms with Crippen LogP contribution in [0.1, 0.15) is 22.3 Å². The SMILES string of the molecule is O=C(CNc1ccccc1Cc1ccccc1)N1CCc2ccccc2C1. The van der Waals surface area contributed by atoms with E-state index in [2.05, 4.69) is 59.9 Å². The highest BCUT2D eigenvalue weighted by Crippen LogP contribution is 2.21. The lowest BCUT2D eigenvalue weighted by Gasteiger charge is -2.29. The highest BCUT2D eigenvalue weighted by molar-refractivity contribution is 5.81. The maximum atomic E-state index is 12.7. The first-order chi connectivity index (χ1) is 13.3. The van der Waals surface area contributed by atoms with E-state index in [1.54, 1.807) is 0 Å². The Labute approximate surface area is 160 Å². The van der Waals surface area contributed by atoms with Crippen molar-refractivity contribution in [3.63, 3.8) is 0 Å². The molecule has 3 aromatic rings. The van der Waals surface area contributed by atoms with Crippen LogP contribution < -0.4 is 5.32 Å². The minimum absolute atomic E-state index is 0.152. The normalized spacial score (nSPS) is 13.1. The molecular weight excluding hydrogens is 332 g/mol. The number of nitrogens with zero attached hydrogens (tertiary/aromatic N) is 1. The van der Waals surface area contributed by atoms with E-state index in [9.17, 15) is 4.79 Å². The Morgan fingerprint density at radius 2 is 1.56 bits per heavy atom. The number of para-hydroxylation sites is 1. The van der Waals surface area contributed by atoms with Crippen LogP contribution in [0.4, 0.5) is 5.69 Å². The number of benzene rings is 3. The van der Waals surface area contributed by atoms with Gasteiger partial charge in [0.15, 0.2) is 0 Å². The summed E-state index contributed by atoms with van der Waals surface area (Å²) in [6.07, 6.45) is 1.79. The monoisotopic (exact) mass is 356 g/mol. The number of hydrogen-bond donors (Lipinski definition) is 1. The van der Waals surface area contributed by atoms with E-state index < -0.39 is 0 Å². The number of nitrogens with one attached hydrogen (secondary N) is 1. The molecule has 1 N–H and O–H groups in total. The zero-order chi connectivity index (χ0) is 18.5. The van der Waals surface area contributed by atoms with Crippen molar-refractivity contribution in [3.05, 3.63) is 101 Å². The molecule has 0 aromatic heterocycles. The number of amides is 1. The van der Waals surface area contributed by atoms with Crippen molar-refractivity contribution in [1.82, 2.24) is 4.90 Å². The topological polar surface area (TPSA) is 32.3 Å². The van der Waals surface area contributed by atoms with E-state index in [0.717, 1.165) is 25.1 Å². The average Bonchev–Trinajstić information content (AvgIpc) is 2.73. The Morgan fingerprint density at radius 1 is 0.852 bits per heavy atom. The van der Waals surface area contributed by atoms with Gasteiger partial charge in [-0.15, -0.1) is 0 Å². The summed E-state index contributed by atoms with van der Waals surface area (Å²) in [5.41, 5.74) is 6.14. The standard InChI is InChI=1S/C24H24N2O/c27-24(26-15-14-20-10-4-5-12-22(20)18-26)17-25-23-13-7-6-11-21(23)16-19-8-2-1-3-9-19/h1-13,25H,14-18H2. The fraction of sp³-hybridized carbons (Fsp3) is 0.208. The van der Waals surface area contributed by atoms with Gasteiger partial charge in [0, 0.05) is 18.8 Å². The lowest BCUT2D eigenvalue weighted by Crippen LogP contribution is -2.39. The van der Waals surface area contributed by atoms with E-state index >= 15 is 0 Å². The second-order valence-electron chi connectivity index (χ2n) is 7.01. The number of carbonyl (C=O) groups excluding carboxylic acids is 1. The molecule has 4 rings (SSSR count). The van der Waals surface area contributed by atoms with Crippen molar-refractivity contribution >= 4 is 11.6 Å². The Balaban J connectivity index is 1.40. The third kappa shape index (κ3) is 4.20. The van der Waals surface area contributed by atoms with Crippen molar-refractivity contribution in [2.24, 2.45) is 0 Å². The van der Waals surface area contributed by atoms with Crippen LogP contribution in [0.2, 0.25) is 0 Å². The van der Waals surface area contributed by atoms with Crippen LogP contribution in [0.15, 0.2) is 78.9 Å². The molecule has 0 fully saturated rings. The third-order valence-electron chi connectivity index (χ3n) is 5.17. The van der Waals surface area contributed by atoms with Crippen LogP contribution in [0.3, 0.4) is 0 Å². The van der Waals surface area contributed by atoms with E-state index in [1.807, 2.05) is 29.2 Å². The molecule has 0 spiro atoms.